The molecule has 4 atom stereocenters. The summed E-state index contributed by atoms with van der Waals surface area (Å²) in [6.07, 6.45) is 2.92. The van der Waals surface area contributed by atoms with Crippen molar-refractivity contribution in [2.24, 2.45) is 11.8 Å². The smallest absolute Gasteiger partial charge is 0.226 e. The number of sulfone groups is 1. The van der Waals surface area contributed by atoms with Crippen LogP contribution in [0.1, 0.15) is 63.6 Å². The Morgan fingerprint density at radius 2 is 1.69 bits per heavy atom. The Bertz CT molecular complexity index is 1150. The molecule has 1 aliphatic heterocycles. The van der Waals surface area contributed by atoms with E-state index in [0.29, 0.717) is 22.9 Å². The van der Waals surface area contributed by atoms with E-state index in [4.69, 9.17) is 23.2 Å². The van der Waals surface area contributed by atoms with Crippen LogP contribution < -0.4 is 0 Å². The van der Waals surface area contributed by atoms with Crippen molar-refractivity contribution in [2.75, 3.05) is 5.75 Å². The Morgan fingerprint density at radius 1 is 1.03 bits per heavy atom. The summed E-state index contributed by atoms with van der Waals surface area (Å²) in [7, 11) is -3.40. The molecule has 0 N–H and O–H groups in total. The fourth-order valence-corrected chi connectivity index (χ4v) is 6.71. The summed E-state index contributed by atoms with van der Waals surface area (Å²) >= 11 is 12.6. The summed E-state index contributed by atoms with van der Waals surface area (Å²) < 4.78 is 26.2. The molecular weight excluding hydrogens is 501 g/mol. The molecule has 0 bridgehead atoms. The van der Waals surface area contributed by atoms with E-state index < -0.39 is 21.1 Å². The third-order valence-electron chi connectivity index (χ3n) is 7.01. The van der Waals surface area contributed by atoms with Gasteiger partial charge in [-0.05, 0) is 68.0 Å². The van der Waals surface area contributed by atoms with E-state index in [2.05, 4.69) is 6.58 Å². The Kier molecular flexibility index (Phi) is 9.11. The van der Waals surface area contributed by atoms with Gasteiger partial charge >= 0.3 is 0 Å². The predicted molar refractivity (Wildman–Crippen MR) is 146 cm³/mol. The van der Waals surface area contributed by atoms with Gasteiger partial charge in [0, 0.05) is 27.9 Å². The predicted octanol–water partition coefficient (Wildman–Crippen LogP) is 7.09. The van der Waals surface area contributed by atoms with E-state index in [1.807, 2.05) is 67.3 Å². The van der Waals surface area contributed by atoms with Crippen molar-refractivity contribution >= 4 is 38.9 Å². The first-order chi connectivity index (χ1) is 16.5. The molecule has 2 aromatic carbocycles. The molecule has 2 aromatic rings. The topological polar surface area (TPSA) is 54.5 Å². The molecule has 0 aromatic heterocycles. The zero-order valence-electron chi connectivity index (χ0n) is 20.8. The number of nitrogens with zero attached hydrogens (tertiary/aromatic N) is 1. The minimum atomic E-state index is -3.40. The van der Waals surface area contributed by atoms with E-state index in [9.17, 15) is 13.2 Å². The standard InChI is InChI=1S/C28H35Cl2NO3S/c1-6-8-22-16-25(21-9-7-10-24(30)15-21)27(20-11-13-23(29)14-12-20)31(28(22)32)26(18(2)3)17-35(33,34)19(4)5/h6-7,9-15,18-19,22,25-27H,1,8,16-17H2,2-5H3. The molecule has 1 heterocycles. The van der Waals surface area contributed by atoms with Crippen molar-refractivity contribution in [3.8, 4) is 0 Å². The zero-order valence-corrected chi connectivity index (χ0v) is 23.2. The quantitative estimate of drug-likeness (QED) is 0.322. The van der Waals surface area contributed by atoms with E-state index in [1.54, 1.807) is 19.9 Å². The number of rotatable bonds is 9. The molecule has 1 saturated heterocycles. The normalized spacial score (nSPS) is 22.0. The second-order valence-electron chi connectivity index (χ2n) is 10.1. The maximum Gasteiger partial charge on any atom is 0.226 e. The van der Waals surface area contributed by atoms with Gasteiger partial charge in [0.25, 0.3) is 0 Å². The number of benzene rings is 2. The van der Waals surface area contributed by atoms with Crippen LogP contribution in [-0.2, 0) is 14.6 Å². The second kappa shape index (κ2) is 11.5. The molecule has 1 amide bonds. The third-order valence-corrected chi connectivity index (χ3v) is 9.74. The highest BCUT2D eigenvalue weighted by Gasteiger charge is 2.47. The van der Waals surface area contributed by atoms with Crippen molar-refractivity contribution < 1.29 is 13.2 Å². The van der Waals surface area contributed by atoms with Gasteiger partial charge in [0.05, 0.1) is 17.0 Å². The minimum Gasteiger partial charge on any atom is -0.331 e. The summed E-state index contributed by atoms with van der Waals surface area (Å²) in [5.74, 6) is -0.532. The number of amides is 1. The van der Waals surface area contributed by atoms with Crippen LogP contribution in [0.15, 0.2) is 61.2 Å². The van der Waals surface area contributed by atoms with Crippen LogP contribution in [0.25, 0.3) is 0 Å². The molecule has 0 radical (unpaired) electrons. The lowest BCUT2D eigenvalue weighted by atomic mass is 9.74. The maximum absolute atomic E-state index is 14.0. The van der Waals surface area contributed by atoms with E-state index >= 15 is 0 Å². The van der Waals surface area contributed by atoms with Gasteiger partial charge in [-0.15, -0.1) is 6.58 Å². The van der Waals surface area contributed by atoms with Gasteiger partial charge in [-0.2, -0.15) is 0 Å². The van der Waals surface area contributed by atoms with Crippen LogP contribution in [0.5, 0.6) is 0 Å². The summed E-state index contributed by atoms with van der Waals surface area (Å²) in [4.78, 5) is 15.9. The molecule has 7 heteroatoms. The van der Waals surface area contributed by atoms with Crippen molar-refractivity contribution in [3.63, 3.8) is 0 Å². The van der Waals surface area contributed by atoms with Gasteiger partial charge in [0.1, 0.15) is 0 Å². The van der Waals surface area contributed by atoms with Crippen molar-refractivity contribution in [2.45, 2.75) is 63.8 Å². The van der Waals surface area contributed by atoms with Crippen LogP contribution >= 0.6 is 23.2 Å². The van der Waals surface area contributed by atoms with Crippen LogP contribution in [0.2, 0.25) is 10.0 Å². The lowest BCUT2D eigenvalue weighted by Gasteiger charge is -2.49. The van der Waals surface area contributed by atoms with Crippen LogP contribution in [0, 0.1) is 11.8 Å². The molecular formula is C28H35Cl2NO3S. The van der Waals surface area contributed by atoms with E-state index in [0.717, 1.165) is 11.1 Å². The monoisotopic (exact) mass is 535 g/mol. The molecule has 0 aliphatic carbocycles. The number of carbonyl (C=O) groups excluding carboxylic acids is 1. The highest BCUT2D eigenvalue weighted by molar-refractivity contribution is 7.92. The van der Waals surface area contributed by atoms with Gasteiger partial charge in [-0.25, -0.2) is 8.42 Å². The van der Waals surface area contributed by atoms with Gasteiger partial charge in [-0.3, -0.25) is 4.79 Å². The first kappa shape index (κ1) is 27.8. The molecule has 35 heavy (non-hydrogen) atoms. The molecule has 0 saturated carbocycles. The van der Waals surface area contributed by atoms with Crippen molar-refractivity contribution in [1.82, 2.24) is 4.90 Å². The number of allylic oxidation sites excluding steroid dienone is 1. The first-order valence-corrected chi connectivity index (χ1v) is 14.6. The third kappa shape index (κ3) is 6.31. The highest BCUT2D eigenvalue weighted by atomic mass is 35.5. The Labute approximate surface area is 220 Å². The largest absolute Gasteiger partial charge is 0.331 e. The number of hydrogen-bond acceptors (Lipinski definition) is 3. The van der Waals surface area contributed by atoms with Gasteiger partial charge in [-0.1, -0.05) is 67.4 Å². The first-order valence-electron chi connectivity index (χ1n) is 12.1. The number of carbonyl (C=O) groups is 1. The molecule has 0 spiro atoms. The number of halogens is 2. The minimum absolute atomic E-state index is 0.0271. The SMILES string of the molecule is C=CCC1CC(c2cccc(Cl)c2)C(c2ccc(Cl)cc2)N(C(CS(=O)(=O)C(C)C)C(C)C)C1=O. The maximum atomic E-state index is 14.0. The summed E-state index contributed by atoms with van der Waals surface area (Å²) in [6.45, 7) is 11.2. The summed E-state index contributed by atoms with van der Waals surface area (Å²) in [5.41, 5.74) is 1.95. The molecule has 3 rings (SSSR count). The van der Waals surface area contributed by atoms with Crippen molar-refractivity contribution in [1.29, 1.82) is 0 Å². The summed E-state index contributed by atoms with van der Waals surface area (Å²) in [5, 5.41) is 0.711. The second-order valence-corrected chi connectivity index (χ2v) is 13.5. The summed E-state index contributed by atoms with van der Waals surface area (Å²) in [6, 6.07) is 14.4. The van der Waals surface area contributed by atoms with Crippen LogP contribution in [0.3, 0.4) is 0 Å². The molecule has 4 nitrogen and oxygen atoms in total. The Balaban J connectivity index is 2.23. The molecule has 1 fully saturated rings. The zero-order chi connectivity index (χ0) is 25.9. The molecule has 1 aliphatic rings. The lowest BCUT2D eigenvalue weighted by Crippen LogP contribution is -2.55. The van der Waals surface area contributed by atoms with Gasteiger partial charge in [0.2, 0.25) is 5.91 Å². The van der Waals surface area contributed by atoms with Crippen molar-refractivity contribution in [3.05, 3.63) is 82.4 Å². The fourth-order valence-electron chi connectivity index (χ4n) is 4.98. The average Bonchev–Trinajstić information content (AvgIpc) is 2.79. The molecule has 190 valence electrons. The van der Waals surface area contributed by atoms with Gasteiger partial charge in [0.15, 0.2) is 9.84 Å². The van der Waals surface area contributed by atoms with E-state index in [-0.39, 0.29) is 35.5 Å². The lowest BCUT2D eigenvalue weighted by molar-refractivity contribution is -0.147. The average molecular weight is 537 g/mol. The fraction of sp³-hybridized carbons (Fsp3) is 0.464. The Hall–Kier alpha value is -1.82. The highest BCUT2D eigenvalue weighted by Crippen LogP contribution is 2.48. The number of likely N-dealkylation sites (tertiary alicyclic amines) is 1. The number of hydrogen-bond donors (Lipinski definition) is 0. The Morgan fingerprint density at radius 3 is 2.23 bits per heavy atom. The van der Waals surface area contributed by atoms with E-state index in [1.165, 1.54) is 0 Å². The van der Waals surface area contributed by atoms with Crippen LogP contribution in [0.4, 0.5) is 0 Å². The van der Waals surface area contributed by atoms with Crippen LogP contribution in [-0.4, -0.2) is 36.3 Å². The number of piperidine rings is 1. The molecule has 4 unspecified atom stereocenters. The van der Waals surface area contributed by atoms with Gasteiger partial charge < -0.3 is 4.90 Å².